The van der Waals surface area contributed by atoms with Crippen molar-refractivity contribution >= 4 is 5.82 Å². The van der Waals surface area contributed by atoms with Crippen molar-refractivity contribution < 1.29 is 10.2 Å². The Kier molecular flexibility index (Phi) is 5.56. The van der Waals surface area contributed by atoms with Crippen LogP contribution < -0.4 is 4.90 Å². The van der Waals surface area contributed by atoms with E-state index in [1.165, 1.54) is 0 Å². The summed E-state index contributed by atoms with van der Waals surface area (Å²) in [6, 6.07) is 4.19. The highest BCUT2D eigenvalue weighted by Gasteiger charge is 2.32. The maximum atomic E-state index is 10.0. The van der Waals surface area contributed by atoms with Crippen LogP contribution in [-0.4, -0.2) is 59.4 Å². The highest BCUT2D eigenvalue weighted by Crippen LogP contribution is 2.26. The molecule has 5 heteroatoms. The number of hydrogen-bond donors (Lipinski definition) is 2. The number of nitrogens with zero attached hydrogens (tertiary/aromatic N) is 3. The third-order valence-corrected chi connectivity index (χ3v) is 3.88. The van der Waals surface area contributed by atoms with Gasteiger partial charge in [-0.2, -0.15) is 0 Å². The molecule has 118 valence electrons. The van der Waals surface area contributed by atoms with Crippen LogP contribution in [0.3, 0.4) is 0 Å². The summed E-state index contributed by atoms with van der Waals surface area (Å²) in [5, 5.41) is 19.5. The lowest BCUT2D eigenvalue weighted by molar-refractivity contribution is 0.191. The van der Waals surface area contributed by atoms with Crippen LogP contribution in [0.4, 0.5) is 5.82 Å². The van der Waals surface area contributed by atoms with Crippen molar-refractivity contribution in [3.05, 3.63) is 23.4 Å². The minimum Gasteiger partial charge on any atom is -0.392 e. The van der Waals surface area contributed by atoms with Gasteiger partial charge >= 0.3 is 0 Å². The molecule has 1 aliphatic rings. The number of anilines is 1. The SMILES string of the molecule is CCCc1cc(CO)cc(N2CC(O)CC2CN(C)C)n1. The molecule has 1 aliphatic heterocycles. The summed E-state index contributed by atoms with van der Waals surface area (Å²) < 4.78 is 0. The number of likely N-dealkylation sites (N-methyl/N-ethyl adjacent to an activating group) is 1. The molecule has 1 fully saturated rings. The van der Waals surface area contributed by atoms with E-state index in [0.29, 0.717) is 6.54 Å². The smallest absolute Gasteiger partial charge is 0.129 e. The Balaban J connectivity index is 2.27. The van der Waals surface area contributed by atoms with Crippen LogP contribution in [0.1, 0.15) is 31.0 Å². The molecule has 0 aliphatic carbocycles. The Morgan fingerprint density at radius 2 is 2.14 bits per heavy atom. The van der Waals surface area contributed by atoms with Crippen LogP contribution in [0.15, 0.2) is 12.1 Å². The van der Waals surface area contributed by atoms with Gasteiger partial charge in [0.1, 0.15) is 5.82 Å². The van der Waals surface area contributed by atoms with Crippen molar-refractivity contribution in [2.24, 2.45) is 0 Å². The maximum Gasteiger partial charge on any atom is 0.129 e. The van der Waals surface area contributed by atoms with Gasteiger partial charge in [0.25, 0.3) is 0 Å². The van der Waals surface area contributed by atoms with Crippen molar-refractivity contribution in [1.29, 1.82) is 0 Å². The molecule has 0 spiro atoms. The number of aromatic nitrogens is 1. The zero-order valence-electron chi connectivity index (χ0n) is 13.3. The predicted octanol–water partition coefficient (Wildman–Crippen LogP) is 1.03. The molecule has 2 atom stereocenters. The van der Waals surface area contributed by atoms with Gasteiger partial charge in [-0.15, -0.1) is 0 Å². The lowest BCUT2D eigenvalue weighted by Gasteiger charge is -2.28. The molecule has 0 saturated carbocycles. The number of aryl methyl sites for hydroxylation is 1. The molecule has 1 saturated heterocycles. The van der Waals surface area contributed by atoms with E-state index in [2.05, 4.69) is 16.7 Å². The summed E-state index contributed by atoms with van der Waals surface area (Å²) in [5.74, 6) is 0.883. The van der Waals surface area contributed by atoms with Gasteiger partial charge in [-0.1, -0.05) is 13.3 Å². The number of pyridine rings is 1. The highest BCUT2D eigenvalue weighted by atomic mass is 16.3. The molecular weight excluding hydrogens is 266 g/mol. The van der Waals surface area contributed by atoms with Crippen molar-refractivity contribution in [1.82, 2.24) is 9.88 Å². The fourth-order valence-electron chi connectivity index (χ4n) is 3.02. The molecule has 1 aromatic heterocycles. The lowest BCUT2D eigenvalue weighted by atomic mass is 10.1. The third-order valence-electron chi connectivity index (χ3n) is 3.88. The summed E-state index contributed by atoms with van der Waals surface area (Å²) in [6.07, 6.45) is 2.41. The minimum absolute atomic E-state index is 0.0287. The van der Waals surface area contributed by atoms with Gasteiger partial charge in [-0.05, 0) is 44.6 Å². The van der Waals surface area contributed by atoms with Crippen molar-refractivity contribution in [3.63, 3.8) is 0 Å². The Labute approximate surface area is 127 Å². The van der Waals surface area contributed by atoms with Crippen LogP contribution in [-0.2, 0) is 13.0 Å². The topological polar surface area (TPSA) is 59.8 Å². The zero-order valence-corrected chi connectivity index (χ0v) is 13.3. The first-order valence-electron chi connectivity index (χ1n) is 7.73. The predicted molar refractivity (Wildman–Crippen MR) is 84.5 cm³/mol. The summed E-state index contributed by atoms with van der Waals surface area (Å²) in [4.78, 5) is 9.05. The monoisotopic (exact) mass is 293 g/mol. The average molecular weight is 293 g/mol. The van der Waals surface area contributed by atoms with Gasteiger partial charge in [-0.25, -0.2) is 4.98 Å². The molecule has 2 unspecified atom stereocenters. The standard InChI is InChI=1S/C16H27N3O2/c1-4-5-13-6-12(11-20)7-16(17-13)19-10-15(21)8-14(19)9-18(2)3/h6-7,14-15,20-21H,4-5,8-11H2,1-3H3. The van der Waals surface area contributed by atoms with E-state index >= 15 is 0 Å². The second-order valence-corrected chi connectivity index (χ2v) is 6.19. The molecule has 5 nitrogen and oxygen atoms in total. The molecule has 2 rings (SSSR count). The first-order valence-corrected chi connectivity index (χ1v) is 7.73. The molecule has 0 radical (unpaired) electrons. The molecule has 2 N–H and O–H groups in total. The van der Waals surface area contributed by atoms with Gasteiger partial charge in [-0.3, -0.25) is 0 Å². The molecule has 0 amide bonds. The third kappa shape index (κ3) is 4.15. The van der Waals surface area contributed by atoms with Gasteiger partial charge in [0.05, 0.1) is 12.7 Å². The van der Waals surface area contributed by atoms with Gasteiger partial charge in [0.15, 0.2) is 0 Å². The average Bonchev–Trinajstić information content (AvgIpc) is 2.78. The Hall–Kier alpha value is -1.17. The second kappa shape index (κ2) is 7.20. The summed E-state index contributed by atoms with van der Waals surface area (Å²) >= 11 is 0. The Morgan fingerprint density at radius 3 is 2.76 bits per heavy atom. The van der Waals surface area contributed by atoms with Crippen molar-refractivity contribution in [2.45, 2.75) is 44.9 Å². The van der Waals surface area contributed by atoms with Crippen molar-refractivity contribution in [2.75, 3.05) is 32.1 Å². The fourth-order valence-corrected chi connectivity index (χ4v) is 3.02. The van der Waals surface area contributed by atoms with Crippen LogP contribution >= 0.6 is 0 Å². The minimum atomic E-state index is -0.302. The molecular formula is C16H27N3O2. The van der Waals surface area contributed by atoms with E-state index in [0.717, 1.165) is 42.9 Å². The number of aliphatic hydroxyl groups excluding tert-OH is 2. The fraction of sp³-hybridized carbons (Fsp3) is 0.688. The Bertz CT molecular complexity index is 465. The largest absolute Gasteiger partial charge is 0.392 e. The first kappa shape index (κ1) is 16.2. The number of β-amino-alcohol motifs (C(OH)–C–C–N with tert-alkyl or cyclic N) is 1. The van der Waals surface area contributed by atoms with Gasteiger partial charge in [0, 0.05) is 24.8 Å². The second-order valence-electron chi connectivity index (χ2n) is 6.19. The van der Waals surface area contributed by atoms with Crippen LogP contribution in [0.2, 0.25) is 0 Å². The number of rotatable bonds is 6. The summed E-state index contributed by atoms with van der Waals surface area (Å²) in [6.45, 7) is 3.67. The normalized spacial score (nSPS) is 22.3. The quantitative estimate of drug-likeness (QED) is 0.820. The van der Waals surface area contributed by atoms with E-state index < -0.39 is 0 Å². The van der Waals surface area contributed by atoms with E-state index in [1.54, 1.807) is 0 Å². The maximum absolute atomic E-state index is 10.0. The molecule has 0 bridgehead atoms. The highest BCUT2D eigenvalue weighted by molar-refractivity contribution is 5.45. The molecule has 2 heterocycles. The van der Waals surface area contributed by atoms with E-state index in [9.17, 15) is 10.2 Å². The first-order chi connectivity index (χ1) is 10.0. The van der Waals surface area contributed by atoms with Crippen molar-refractivity contribution in [3.8, 4) is 0 Å². The molecule has 21 heavy (non-hydrogen) atoms. The van der Waals surface area contributed by atoms with Crippen LogP contribution in [0, 0.1) is 0 Å². The van der Waals surface area contributed by atoms with Gasteiger partial charge < -0.3 is 20.0 Å². The molecule has 0 aromatic carbocycles. The Morgan fingerprint density at radius 1 is 1.38 bits per heavy atom. The van der Waals surface area contributed by atoms with Gasteiger partial charge in [0.2, 0.25) is 0 Å². The lowest BCUT2D eigenvalue weighted by Crippen LogP contribution is -2.38. The molecule has 1 aromatic rings. The summed E-state index contributed by atoms with van der Waals surface area (Å²) in [7, 11) is 4.09. The van der Waals surface area contributed by atoms with E-state index in [1.807, 2.05) is 26.2 Å². The zero-order chi connectivity index (χ0) is 15.4. The van der Waals surface area contributed by atoms with E-state index in [4.69, 9.17) is 4.98 Å². The summed E-state index contributed by atoms with van der Waals surface area (Å²) in [5.41, 5.74) is 1.91. The van der Waals surface area contributed by atoms with Crippen LogP contribution in [0.5, 0.6) is 0 Å². The number of hydrogen-bond acceptors (Lipinski definition) is 5. The number of aliphatic hydroxyl groups is 2. The van der Waals surface area contributed by atoms with Crippen LogP contribution in [0.25, 0.3) is 0 Å². The van der Waals surface area contributed by atoms with E-state index in [-0.39, 0.29) is 18.8 Å².